The van der Waals surface area contributed by atoms with E-state index in [0.29, 0.717) is 38.5 Å². The zero-order valence-electron chi connectivity index (χ0n) is 16.9. The number of rotatable bonds is 7. The molecule has 2 N–H and O–H groups in total. The second kappa shape index (κ2) is 10.2. The lowest BCUT2D eigenvalue weighted by atomic mass is 10.1. The second-order valence-corrected chi connectivity index (χ2v) is 7.49. The van der Waals surface area contributed by atoms with Gasteiger partial charge in [-0.25, -0.2) is 0 Å². The number of aryl methyl sites for hydroxylation is 1. The molecular formula is C23H20Cl2N2O4. The van der Waals surface area contributed by atoms with Gasteiger partial charge < -0.3 is 20.1 Å². The van der Waals surface area contributed by atoms with Gasteiger partial charge in [-0.15, -0.1) is 0 Å². The van der Waals surface area contributed by atoms with Crippen LogP contribution >= 0.6 is 23.2 Å². The summed E-state index contributed by atoms with van der Waals surface area (Å²) in [6.07, 6.45) is 0. The van der Waals surface area contributed by atoms with Crippen molar-refractivity contribution in [2.24, 2.45) is 0 Å². The minimum Gasteiger partial charge on any atom is -0.495 e. The zero-order valence-corrected chi connectivity index (χ0v) is 18.4. The number of carbonyl (C=O) groups excluding carboxylic acids is 2. The first-order valence-electron chi connectivity index (χ1n) is 9.29. The summed E-state index contributed by atoms with van der Waals surface area (Å²) in [5.41, 5.74) is 2.04. The predicted octanol–water partition coefficient (Wildman–Crippen LogP) is 5.58. The minimum absolute atomic E-state index is 0.193. The molecule has 0 aromatic heterocycles. The number of benzene rings is 3. The molecule has 0 radical (unpaired) electrons. The van der Waals surface area contributed by atoms with Gasteiger partial charge in [0.15, 0.2) is 6.61 Å². The lowest BCUT2D eigenvalue weighted by molar-refractivity contribution is -0.118. The van der Waals surface area contributed by atoms with Crippen LogP contribution in [0.4, 0.5) is 11.4 Å². The van der Waals surface area contributed by atoms with Crippen LogP contribution in [0.3, 0.4) is 0 Å². The number of halogens is 2. The van der Waals surface area contributed by atoms with Crippen LogP contribution in [0.2, 0.25) is 10.0 Å². The number of carbonyl (C=O) groups is 2. The van der Waals surface area contributed by atoms with Crippen molar-refractivity contribution in [2.75, 3.05) is 24.4 Å². The van der Waals surface area contributed by atoms with Crippen molar-refractivity contribution < 1.29 is 19.1 Å². The zero-order chi connectivity index (χ0) is 22.4. The highest BCUT2D eigenvalue weighted by Crippen LogP contribution is 2.28. The Morgan fingerprint density at radius 2 is 1.74 bits per heavy atom. The third-order valence-corrected chi connectivity index (χ3v) is 4.84. The van der Waals surface area contributed by atoms with E-state index in [9.17, 15) is 9.59 Å². The van der Waals surface area contributed by atoms with E-state index in [-0.39, 0.29) is 6.61 Å². The number of nitrogens with one attached hydrogen (secondary N) is 2. The summed E-state index contributed by atoms with van der Waals surface area (Å²) >= 11 is 12.1. The van der Waals surface area contributed by atoms with E-state index in [1.807, 2.05) is 25.1 Å². The molecule has 0 aliphatic carbocycles. The summed E-state index contributed by atoms with van der Waals surface area (Å²) in [6.45, 7) is 1.74. The first-order valence-corrected chi connectivity index (χ1v) is 10.0. The topological polar surface area (TPSA) is 76.7 Å². The van der Waals surface area contributed by atoms with Gasteiger partial charge in [0.25, 0.3) is 11.8 Å². The second-order valence-electron chi connectivity index (χ2n) is 6.65. The van der Waals surface area contributed by atoms with E-state index in [1.165, 1.54) is 13.2 Å². The maximum atomic E-state index is 12.7. The van der Waals surface area contributed by atoms with Crippen molar-refractivity contribution in [3.63, 3.8) is 0 Å². The van der Waals surface area contributed by atoms with Crippen molar-refractivity contribution in [1.29, 1.82) is 0 Å². The number of hydrogen-bond donors (Lipinski definition) is 2. The van der Waals surface area contributed by atoms with Gasteiger partial charge in [0.05, 0.1) is 23.5 Å². The summed E-state index contributed by atoms with van der Waals surface area (Å²) in [5, 5.41) is 6.21. The van der Waals surface area contributed by atoms with Crippen LogP contribution in [0, 0.1) is 6.92 Å². The van der Waals surface area contributed by atoms with Gasteiger partial charge in [0.2, 0.25) is 0 Å². The van der Waals surface area contributed by atoms with Gasteiger partial charge in [-0.3, -0.25) is 9.59 Å². The van der Waals surface area contributed by atoms with Gasteiger partial charge in [-0.1, -0.05) is 35.3 Å². The third-order valence-electron chi connectivity index (χ3n) is 4.27. The van der Waals surface area contributed by atoms with Crippen LogP contribution in [0.25, 0.3) is 0 Å². The van der Waals surface area contributed by atoms with E-state index in [2.05, 4.69) is 10.6 Å². The minimum atomic E-state index is -0.418. The molecule has 6 nitrogen and oxygen atoms in total. The van der Waals surface area contributed by atoms with Crippen LogP contribution in [-0.4, -0.2) is 25.5 Å². The molecule has 0 spiro atoms. The molecule has 0 atom stereocenters. The maximum absolute atomic E-state index is 12.7. The van der Waals surface area contributed by atoms with Crippen molar-refractivity contribution in [1.82, 2.24) is 0 Å². The normalized spacial score (nSPS) is 10.3. The average Bonchev–Trinajstić information content (AvgIpc) is 2.75. The Morgan fingerprint density at radius 1 is 0.935 bits per heavy atom. The quantitative estimate of drug-likeness (QED) is 0.484. The molecule has 0 saturated carbocycles. The fourth-order valence-corrected chi connectivity index (χ4v) is 3.11. The number of amides is 2. The summed E-state index contributed by atoms with van der Waals surface area (Å²) in [7, 11) is 1.47. The van der Waals surface area contributed by atoms with Crippen LogP contribution < -0.4 is 20.1 Å². The van der Waals surface area contributed by atoms with Crippen LogP contribution in [0.15, 0.2) is 60.7 Å². The summed E-state index contributed by atoms with van der Waals surface area (Å²) in [5.74, 6) is 0.184. The Bertz CT molecular complexity index is 1120. The molecule has 0 bridgehead atoms. The van der Waals surface area contributed by atoms with Crippen LogP contribution in [-0.2, 0) is 4.79 Å². The van der Waals surface area contributed by atoms with E-state index in [1.54, 1.807) is 36.4 Å². The monoisotopic (exact) mass is 458 g/mol. The fourth-order valence-electron chi connectivity index (χ4n) is 2.77. The van der Waals surface area contributed by atoms with E-state index in [0.717, 1.165) is 5.56 Å². The molecule has 3 rings (SSSR count). The molecule has 31 heavy (non-hydrogen) atoms. The predicted molar refractivity (Wildman–Crippen MR) is 123 cm³/mol. The molecule has 0 unspecified atom stereocenters. The van der Waals surface area contributed by atoms with Crippen LogP contribution in [0.5, 0.6) is 11.5 Å². The first-order chi connectivity index (χ1) is 14.9. The number of anilines is 2. The Hall–Kier alpha value is -3.22. The average molecular weight is 459 g/mol. The van der Waals surface area contributed by atoms with E-state index in [4.69, 9.17) is 32.7 Å². The van der Waals surface area contributed by atoms with Gasteiger partial charge in [-0.2, -0.15) is 0 Å². The maximum Gasteiger partial charge on any atom is 0.262 e. The van der Waals surface area contributed by atoms with Gasteiger partial charge in [0, 0.05) is 10.6 Å². The molecule has 0 fully saturated rings. The van der Waals surface area contributed by atoms with E-state index >= 15 is 0 Å². The van der Waals surface area contributed by atoms with Gasteiger partial charge >= 0.3 is 0 Å². The molecule has 3 aromatic rings. The summed E-state index contributed by atoms with van der Waals surface area (Å²) < 4.78 is 10.8. The van der Waals surface area contributed by atoms with Crippen molar-refractivity contribution >= 4 is 46.4 Å². The molecule has 0 saturated heterocycles. The number of hydrogen-bond acceptors (Lipinski definition) is 4. The van der Waals surface area contributed by atoms with Crippen molar-refractivity contribution in [3.05, 3.63) is 81.8 Å². The standard InChI is InChI=1S/C23H20Cl2N2O4/c1-14-4-3-5-17(10-14)31-13-22(28)26-20-11-15(6-9-21(20)30-2)23(29)27-19-12-16(24)7-8-18(19)25/h3-12H,13H2,1-2H3,(H,26,28)(H,27,29). The molecular weight excluding hydrogens is 439 g/mol. The fraction of sp³-hybridized carbons (Fsp3) is 0.130. The van der Waals surface area contributed by atoms with Gasteiger partial charge in [-0.05, 0) is 61.0 Å². The molecule has 0 aliphatic rings. The highest BCUT2D eigenvalue weighted by atomic mass is 35.5. The van der Waals surface area contributed by atoms with Gasteiger partial charge in [0.1, 0.15) is 11.5 Å². The van der Waals surface area contributed by atoms with Crippen molar-refractivity contribution in [3.8, 4) is 11.5 Å². The van der Waals surface area contributed by atoms with E-state index < -0.39 is 11.8 Å². The number of ether oxygens (including phenoxy) is 2. The molecule has 160 valence electrons. The van der Waals surface area contributed by atoms with Crippen molar-refractivity contribution in [2.45, 2.75) is 6.92 Å². The first kappa shape index (κ1) is 22.5. The summed E-state index contributed by atoms with van der Waals surface area (Å²) in [4.78, 5) is 25.0. The molecule has 3 aromatic carbocycles. The molecule has 0 heterocycles. The Labute approximate surface area is 190 Å². The Morgan fingerprint density at radius 3 is 2.48 bits per heavy atom. The largest absolute Gasteiger partial charge is 0.495 e. The smallest absolute Gasteiger partial charge is 0.262 e. The molecule has 0 aliphatic heterocycles. The molecule has 2 amide bonds. The summed E-state index contributed by atoms with van der Waals surface area (Å²) in [6, 6.07) is 16.8. The Kier molecular flexibility index (Phi) is 7.39. The lowest BCUT2D eigenvalue weighted by Gasteiger charge is -2.13. The lowest BCUT2D eigenvalue weighted by Crippen LogP contribution is -2.21. The highest BCUT2D eigenvalue weighted by Gasteiger charge is 2.14. The SMILES string of the molecule is COc1ccc(C(=O)Nc2cc(Cl)ccc2Cl)cc1NC(=O)COc1cccc(C)c1. The van der Waals surface area contributed by atoms with Crippen LogP contribution in [0.1, 0.15) is 15.9 Å². The highest BCUT2D eigenvalue weighted by molar-refractivity contribution is 6.35. The third kappa shape index (κ3) is 6.13. The number of methoxy groups -OCH3 is 1. The Balaban J connectivity index is 1.71. The molecule has 8 heteroatoms.